The predicted octanol–water partition coefficient (Wildman–Crippen LogP) is 3.15. The number of nitrogens with one attached hydrogen (secondary N) is 1. The molecule has 2 aliphatic rings. The van der Waals surface area contributed by atoms with Gasteiger partial charge in [0.2, 0.25) is 0 Å². The van der Waals surface area contributed by atoms with Gasteiger partial charge in [0.05, 0.1) is 13.2 Å². The fourth-order valence-electron chi connectivity index (χ4n) is 3.69. The van der Waals surface area contributed by atoms with Crippen LogP contribution in [0.4, 0.5) is 22.0 Å². The van der Waals surface area contributed by atoms with Crippen LogP contribution in [0, 0.1) is 29.4 Å². The molecule has 0 bridgehead atoms. The molecule has 176 valence electrons. The predicted molar refractivity (Wildman–Crippen MR) is 100 cm³/mol. The first-order valence-corrected chi connectivity index (χ1v) is 11.5. The number of sulfone groups is 1. The number of hydrogen-bond acceptors (Lipinski definition) is 5. The summed E-state index contributed by atoms with van der Waals surface area (Å²) in [7, 11) is -3.92. The van der Waals surface area contributed by atoms with E-state index < -0.39 is 38.5 Å². The molecule has 1 saturated carbocycles. The summed E-state index contributed by atoms with van der Waals surface area (Å²) in [6.45, 7) is 2.85. The second kappa shape index (κ2) is 10.2. The average Bonchev–Trinajstić information content (AvgIpc) is 3.40. The Balaban J connectivity index is 0.000000423. The molecule has 1 aliphatic heterocycles. The highest BCUT2D eigenvalue weighted by Gasteiger charge is 2.42. The summed E-state index contributed by atoms with van der Waals surface area (Å²) < 4.78 is 87.7. The SMILES string of the molecule is CS(=O)(=O)c1c(F)cc(COC[C@@H]2C[C@@H]2C2CCNCC2)cc1F.O=C(O)C(F)(F)F. The largest absolute Gasteiger partial charge is 0.490 e. The van der Waals surface area contributed by atoms with Crippen LogP contribution in [0.25, 0.3) is 0 Å². The molecule has 0 spiro atoms. The highest BCUT2D eigenvalue weighted by molar-refractivity contribution is 7.90. The van der Waals surface area contributed by atoms with Crippen molar-refractivity contribution in [1.82, 2.24) is 5.32 Å². The molecular formula is C19H24F5NO5S. The minimum Gasteiger partial charge on any atom is -0.475 e. The minimum atomic E-state index is -5.08. The van der Waals surface area contributed by atoms with E-state index in [0.717, 1.165) is 37.4 Å². The van der Waals surface area contributed by atoms with E-state index in [1.54, 1.807) is 0 Å². The zero-order valence-electron chi connectivity index (χ0n) is 16.7. The highest BCUT2D eigenvalue weighted by Crippen LogP contribution is 2.47. The smallest absolute Gasteiger partial charge is 0.475 e. The molecule has 3 rings (SSSR count). The maximum absolute atomic E-state index is 13.8. The molecule has 1 aliphatic carbocycles. The van der Waals surface area contributed by atoms with Crippen molar-refractivity contribution in [2.45, 2.75) is 36.9 Å². The first kappa shape index (κ1) is 25.5. The Morgan fingerprint density at radius 3 is 2.16 bits per heavy atom. The molecular weight excluding hydrogens is 449 g/mol. The molecule has 31 heavy (non-hydrogen) atoms. The van der Waals surface area contributed by atoms with Crippen molar-refractivity contribution in [3.05, 3.63) is 29.3 Å². The van der Waals surface area contributed by atoms with Gasteiger partial charge in [-0.3, -0.25) is 0 Å². The number of aliphatic carboxylic acids is 1. The fourth-order valence-corrected chi connectivity index (χ4v) is 4.52. The zero-order valence-corrected chi connectivity index (χ0v) is 17.5. The van der Waals surface area contributed by atoms with Gasteiger partial charge in [0.15, 0.2) is 9.84 Å². The number of hydrogen-bond donors (Lipinski definition) is 2. The normalized spacial score (nSPS) is 21.9. The van der Waals surface area contributed by atoms with E-state index in [4.69, 9.17) is 14.6 Å². The second-order valence-corrected chi connectivity index (χ2v) is 9.68. The van der Waals surface area contributed by atoms with Gasteiger partial charge in [-0.25, -0.2) is 22.0 Å². The van der Waals surface area contributed by atoms with Crippen molar-refractivity contribution >= 4 is 15.8 Å². The molecule has 0 aromatic heterocycles. The van der Waals surface area contributed by atoms with Crippen LogP contribution in [-0.2, 0) is 26.0 Å². The van der Waals surface area contributed by atoms with Crippen LogP contribution in [-0.4, -0.2) is 51.6 Å². The number of carboxylic acids is 1. The summed E-state index contributed by atoms with van der Waals surface area (Å²) in [4.78, 5) is 8.02. The van der Waals surface area contributed by atoms with Crippen molar-refractivity contribution in [2.24, 2.45) is 17.8 Å². The van der Waals surface area contributed by atoms with E-state index in [0.29, 0.717) is 24.0 Å². The van der Waals surface area contributed by atoms with Crippen LogP contribution < -0.4 is 5.32 Å². The quantitative estimate of drug-likeness (QED) is 0.617. The van der Waals surface area contributed by atoms with Crippen molar-refractivity contribution in [2.75, 3.05) is 26.0 Å². The van der Waals surface area contributed by atoms with Gasteiger partial charge in [-0.15, -0.1) is 0 Å². The van der Waals surface area contributed by atoms with Crippen molar-refractivity contribution in [1.29, 1.82) is 0 Å². The van der Waals surface area contributed by atoms with Gasteiger partial charge in [-0.05, 0) is 67.8 Å². The molecule has 1 saturated heterocycles. The summed E-state index contributed by atoms with van der Waals surface area (Å²) in [5, 5.41) is 10.5. The highest BCUT2D eigenvalue weighted by atomic mass is 32.2. The standard InChI is InChI=1S/C17H23F2NO3S.C2HF3O2/c1-24(21,22)17-15(18)6-11(7-16(17)19)9-23-10-13-8-14(13)12-2-4-20-5-3-12;3-2(4,5)1(6)7/h6-7,12-14,20H,2-5,8-10H2,1H3;(H,6,7)/t13-,14+;/m0./s1. The zero-order chi connectivity index (χ0) is 23.4. The first-order valence-electron chi connectivity index (χ1n) is 9.57. The van der Waals surface area contributed by atoms with E-state index in [1.165, 1.54) is 19.3 Å². The van der Waals surface area contributed by atoms with Gasteiger partial charge in [0.25, 0.3) is 0 Å². The minimum absolute atomic E-state index is 0.0906. The molecule has 0 amide bonds. The third-order valence-corrected chi connectivity index (χ3v) is 6.37. The molecule has 1 heterocycles. The molecule has 1 aromatic rings. The Bertz CT molecular complexity index is 861. The number of alkyl halides is 3. The molecule has 2 N–H and O–H groups in total. The van der Waals surface area contributed by atoms with E-state index in [2.05, 4.69) is 5.32 Å². The molecule has 0 unspecified atom stereocenters. The number of carbonyl (C=O) groups is 1. The molecule has 6 nitrogen and oxygen atoms in total. The van der Waals surface area contributed by atoms with Gasteiger partial charge in [0.1, 0.15) is 16.5 Å². The van der Waals surface area contributed by atoms with Gasteiger partial charge in [-0.1, -0.05) is 0 Å². The average molecular weight is 473 g/mol. The summed E-state index contributed by atoms with van der Waals surface area (Å²) in [5.41, 5.74) is 0.316. The van der Waals surface area contributed by atoms with Crippen LogP contribution in [0.1, 0.15) is 24.8 Å². The lowest BCUT2D eigenvalue weighted by atomic mass is 9.92. The summed E-state index contributed by atoms with van der Waals surface area (Å²) in [5.74, 6) is -2.85. The Kier molecular flexibility index (Phi) is 8.40. The number of halogens is 5. The first-order chi connectivity index (χ1) is 14.3. The molecule has 2 fully saturated rings. The fraction of sp³-hybridized carbons (Fsp3) is 0.632. The van der Waals surface area contributed by atoms with Crippen molar-refractivity contribution in [3.8, 4) is 0 Å². The van der Waals surface area contributed by atoms with Gasteiger partial charge < -0.3 is 15.2 Å². The topological polar surface area (TPSA) is 92.7 Å². The number of rotatable bonds is 6. The Morgan fingerprint density at radius 2 is 1.71 bits per heavy atom. The van der Waals surface area contributed by atoms with Crippen molar-refractivity contribution < 1.29 is 45.0 Å². The molecule has 0 radical (unpaired) electrons. The van der Waals surface area contributed by atoms with Gasteiger partial charge >= 0.3 is 12.1 Å². The lowest BCUT2D eigenvalue weighted by Gasteiger charge is -2.22. The van der Waals surface area contributed by atoms with Gasteiger partial charge in [-0.2, -0.15) is 13.2 Å². The van der Waals surface area contributed by atoms with Crippen LogP contribution in [0.3, 0.4) is 0 Å². The van der Waals surface area contributed by atoms with Crippen LogP contribution in [0.15, 0.2) is 17.0 Å². The third kappa shape index (κ3) is 7.69. The van der Waals surface area contributed by atoms with Crippen LogP contribution in [0.5, 0.6) is 0 Å². The number of benzene rings is 1. The van der Waals surface area contributed by atoms with Crippen LogP contribution in [0.2, 0.25) is 0 Å². The van der Waals surface area contributed by atoms with E-state index >= 15 is 0 Å². The second-order valence-electron chi connectivity index (χ2n) is 7.73. The third-order valence-electron chi connectivity index (χ3n) is 5.24. The maximum atomic E-state index is 13.8. The number of piperidine rings is 1. The monoisotopic (exact) mass is 473 g/mol. The Hall–Kier alpha value is -1.79. The van der Waals surface area contributed by atoms with E-state index in [1.807, 2.05) is 0 Å². The molecule has 2 atom stereocenters. The Morgan fingerprint density at radius 1 is 1.19 bits per heavy atom. The van der Waals surface area contributed by atoms with Crippen LogP contribution >= 0.6 is 0 Å². The summed E-state index contributed by atoms with van der Waals surface area (Å²) in [6, 6.07) is 2.08. The lowest BCUT2D eigenvalue weighted by molar-refractivity contribution is -0.192. The lowest BCUT2D eigenvalue weighted by Crippen LogP contribution is -2.29. The number of ether oxygens (including phenoxy) is 1. The van der Waals surface area contributed by atoms with Gasteiger partial charge in [0, 0.05) is 6.26 Å². The molecule has 12 heteroatoms. The summed E-state index contributed by atoms with van der Waals surface area (Å²) >= 11 is 0. The van der Waals surface area contributed by atoms with Crippen molar-refractivity contribution in [3.63, 3.8) is 0 Å². The van der Waals surface area contributed by atoms with E-state index in [9.17, 15) is 30.4 Å². The number of carboxylic acid groups (broad SMARTS) is 1. The maximum Gasteiger partial charge on any atom is 0.490 e. The molecule has 1 aromatic carbocycles. The Labute approximate surface area is 176 Å². The summed E-state index contributed by atoms with van der Waals surface area (Å²) in [6.07, 6.45) is -0.700. The van der Waals surface area contributed by atoms with E-state index in [-0.39, 0.29) is 6.61 Å².